The standard InChI is InChI=1S/C15H14ClNO3/c16-12-5-1-10(2-6-12)9-20-13-7-3-11(4-8-13)14(17)15(18)19/h1-8,14H,9,17H2,(H,18,19)/t14-/m1/s1. The van der Waals surface area contributed by atoms with Crippen molar-refractivity contribution in [1.82, 2.24) is 0 Å². The van der Waals surface area contributed by atoms with Crippen LogP contribution >= 0.6 is 11.6 Å². The molecular weight excluding hydrogens is 278 g/mol. The van der Waals surface area contributed by atoms with Gasteiger partial charge in [0.25, 0.3) is 0 Å². The third-order valence-corrected chi connectivity index (χ3v) is 3.14. The maximum absolute atomic E-state index is 10.7. The topological polar surface area (TPSA) is 77.0 Å². The lowest BCUT2D eigenvalue weighted by atomic mass is 10.1. The Bertz CT molecular complexity index is 581. The average molecular weight is 292 g/mol. The lowest BCUT2D eigenvalue weighted by molar-refractivity contribution is -0.443. The Labute approximate surface area is 121 Å². The molecule has 0 amide bonds. The van der Waals surface area contributed by atoms with E-state index in [4.69, 9.17) is 16.3 Å². The number of hydrogen-bond donors (Lipinski definition) is 1. The molecule has 4 nitrogen and oxygen atoms in total. The van der Waals surface area contributed by atoms with E-state index in [0.717, 1.165) is 5.56 Å². The fourth-order valence-electron chi connectivity index (χ4n) is 1.68. The monoisotopic (exact) mass is 291 g/mol. The number of carbonyl (C=O) groups excluding carboxylic acids is 1. The van der Waals surface area contributed by atoms with Gasteiger partial charge in [0.1, 0.15) is 18.3 Å². The van der Waals surface area contributed by atoms with Crippen molar-refractivity contribution in [3.05, 3.63) is 64.7 Å². The van der Waals surface area contributed by atoms with Gasteiger partial charge in [-0.15, -0.1) is 0 Å². The van der Waals surface area contributed by atoms with E-state index in [-0.39, 0.29) is 0 Å². The minimum Gasteiger partial charge on any atom is -0.544 e. The quantitative estimate of drug-likeness (QED) is 0.891. The Hall–Kier alpha value is -2.04. The number of benzene rings is 2. The van der Waals surface area contributed by atoms with Gasteiger partial charge >= 0.3 is 0 Å². The third-order valence-electron chi connectivity index (χ3n) is 2.89. The first kappa shape index (κ1) is 14.4. The van der Waals surface area contributed by atoms with Crippen LogP contribution in [-0.2, 0) is 11.4 Å². The van der Waals surface area contributed by atoms with E-state index < -0.39 is 12.0 Å². The van der Waals surface area contributed by atoms with Gasteiger partial charge in [0.05, 0.1) is 0 Å². The smallest absolute Gasteiger partial charge is 0.150 e. The van der Waals surface area contributed by atoms with E-state index in [1.807, 2.05) is 12.1 Å². The van der Waals surface area contributed by atoms with Crippen LogP contribution in [0.25, 0.3) is 0 Å². The predicted molar refractivity (Wildman–Crippen MR) is 72.9 cm³/mol. The van der Waals surface area contributed by atoms with E-state index in [1.54, 1.807) is 36.4 Å². The van der Waals surface area contributed by atoms with Crippen molar-refractivity contribution >= 4 is 17.6 Å². The zero-order valence-electron chi connectivity index (χ0n) is 10.7. The highest BCUT2D eigenvalue weighted by atomic mass is 35.5. The first-order valence-corrected chi connectivity index (χ1v) is 6.45. The molecule has 2 rings (SSSR count). The van der Waals surface area contributed by atoms with Crippen molar-refractivity contribution in [3.63, 3.8) is 0 Å². The van der Waals surface area contributed by atoms with Crippen LogP contribution < -0.4 is 15.6 Å². The predicted octanol–water partition coefficient (Wildman–Crippen LogP) is 0.952. The molecule has 0 aliphatic rings. The molecule has 0 radical (unpaired) electrons. The van der Waals surface area contributed by atoms with E-state index in [1.165, 1.54) is 0 Å². The Morgan fingerprint density at radius 1 is 1.15 bits per heavy atom. The number of quaternary nitrogens is 1. The van der Waals surface area contributed by atoms with Crippen LogP contribution in [0.3, 0.4) is 0 Å². The Balaban J connectivity index is 1.97. The van der Waals surface area contributed by atoms with Gasteiger partial charge in [-0.1, -0.05) is 23.7 Å². The van der Waals surface area contributed by atoms with Crippen molar-refractivity contribution < 1.29 is 20.4 Å². The van der Waals surface area contributed by atoms with Crippen molar-refractivity contribution in [2.45, 2.75) is 12.6 Å². The molecular formula is C15H14ClNO3. The second-order valence-electron chi connectivity index (χ2n) is 4.36. The van der Waals surface area contributed by atoms with Crippen LogP contribution in [0.15, 0.2) is 48.5 Å². The van der Waals surface area contributed by atoms with Crippen LogP contribution in [0.1, 0.15) is 17.2 Å². The SMILES string of the molecule is [NH3+][C@@H](C(=O)[O-])c1ccc(OCc2ccc(Cl)cc2)cc1. The molecule has 5 heteroatoms. The van der Waals surface area contributed by atoms with Crippen molar-refractivity contribution in [3.8, 4) is 5.75 Å². The number of carboxylic acid groups (broad SMARTS) is 1. The first-order chi connectivity index (χ1) is 9.56. The molecule has 2 aromatic rings. The second-order valence-corrected chi connectivity index (χ2v) is 4.79. The van der Waals surface area contributed by atoms with Crippen LogP contribution in [0.2, 0.25) is 5.02 Å². The van der Waals surface area contributed by atoms with Crippen LogP contribution in [0, 0.1) is 0 Å². The van der Waals surface area contributed by atoms with Crippen molar-refractivity contribution in [1.29, 1.82) is 0 Å². The van der Waals surface area contributed by atoms with E-state index >= 15 is 0 Å². The first-order valence-electron chi connectivity index (χ1n) is 6.07. The van der Waals surface area contributed by atoms with E-state index in [2.05, 4.69) is 5.73 Å². The van der Waals surface area contributed by atoms with Gasteiger partial charge in [0, 0.05) is 10.6 Å². The van der Waals surface area contributed by atoms with Crippen molar-refractivity contribution in [2.24, 2.45) is 0 Å². The molecule has 1 atom stereocenters. The molecule has 0 saturated heterocycles. The van der Waals surface area contributed by atoms with Crippen LogP contribution in [0.4, 0.5) is 0 Å². The largest absolute Gasteiger partial charge is 0.544 e. The molecule has 0 heterocycles. The number of ether oxygens (including phenoxy) is 1. The molecule has 0 aromatic heterocycles. The highest BCUT2D eigenvalue weighted by molar-refractivity contribution is 6.30. The molecule has 104 valence electrons. The summed E-state index contributed by atoms with van der Waals surface area (Å²) in [5.41, 5.74) is 5.11. The fraction of sp³-hybridized carbons (Fsp3) is 0.133. The minimum atomic E-state index is -1.19. The number of aliphatic carboxylic acids is 1. The van der Waals surface area contributed by atoms with Gasteiger partial charge in [0.15, 0.2) is 6.04 Å². The molecule has 0 fully saturated rings. The zero-order valence-corrected chi connectivity index (χ0v) is 11.5. The van der Waals surface area contributed by atoms with Crippen LogP contribution in [0.5, 0.6) is 5.75 Å². The van der Waals surface area contributed by atoms with Gasteiger partial charge in [-0.05, 0) is 42.0 Å². The molecule has 20 heavy (non-hydrogen) atoms. The summed E-state index contributed by atoms with van der Waals surface area (Å²) in [7, 11) is 0. The third kappa shape index (κ3) is 3.73. The molecule has 0 bridgehead atoms. The van der Waals surface area contributed by atoms with Crippen molar-refractivity contribution in [2.75, 3.05) is 0 Å². The van der Waals surface area contributed by atoms with Gasteiger partial charge in [0.2, 0.25) is 0 Å². The maximum Gasteiger partial charge on any atom is 0.150 e. The van der Waals surface area contributed by atoms with Crippen LogP contribution in [-0.4, -0.2) is 5.97 Å². The summed E-state index contributed by atoms with van der Waals surface area (Å²) in [4.78, 5) is 10.7. The minimum absolute atomic E-state index is 0.421. The number of carboxylic acids is 1. The summed E-state index contributed by atoms with van der Waals surface area (Å²) < 4.78 is 5.60. The Morgan fingerprint density at radius 3 is 2.30 bits per heavy atom. The summed E-state index contributed by atoms with van der Waals surface area (Å²) >= 11 is 5.80. The highest BCUT2D eigenvalue weighted by Gasteiger charge is 2.10. The van der Waals surface area contributed by atoms with Gasteiger partial charge in [-0.3, -0.25) is 0 Å². The maximum atomic E-state index is 10.7. The number of rotatable bonds is 5. The normalized spacial score (nSPS) is 11.9. The van der Waals surface area contributed by atoms with Gasteiger partial charge in [-0.2, -0.15) is 0 Å². The lowest BCUT2D eigenvalue weighted by Crippen LogP contribution is -2.60. The number of carbonyl (C=O) groups is 1. The highest BCUT2D eigenvalue weighted by Crippen LogP contribution is 2.17. The summed E-state index contributed by atoms with van der Waals surface area (Å²) in [5, 5.41) is 11.4. The lowest BCUT2D eigenvalue weighted by Gasteiger charge is -2.11. The molecule has 0 aliphatic heterocycles. The molecule has 0 saturated carbocycles. The fourth-order valence-corrected chi connectivity index (χ4v) is 1.81. The molecule has 3 N–H and O–H groups in total. The molecule has 0 aliphatic carbocycles. The Kier molecular flexibility index (Phi) is 4.61. The Morgan fingerprint density at radius 2 is 1.75 bits per heavy atom. The summed E-state index contributed by atoms with van der Waals surface area (Å²) in [6.07, 6.45) is 0. The zero-order chi connectivity index (χ0) is 14.5. The second kappa shape index (κ2) is 6.41. The molecule has 2 aromatic carbocycles. The van der Waals surface area contributed by atoms with E-state index in [9.17, 15) is 9.90 Å². The van der Waals surface area contributed by atoms with E-state index in [0.29, 0.717) is 22.9 Å². The number of halogens is 1. The average Bonchev–Trinajstić information content (AvgIpc) is 2.46. The van der Waals surface area contributed by atoms with Gasteiger partial charge in [-0.25, -0.2) is 0 Å². The summed E-state index contributed by atoms with van der Waals surface area (Å²) in [5.74, 6) is -0.533. The summed E-state index contributed by atoms with van der Waals surface area (Å²) in [6, 6.07) is 13.3. The number of hydrogen-bond acceptors (Lipinski definition) is 3. The molecule has 0 spiro atoms. The van der Waals surface area contributed by atoms with Gasteiger partial charge < -0.3 is 20.4 Å². The molecule has 0 unspecified atom stereocenters. The summed E-state index contributed by atoms with van der Waals surface area (Å²) in [6.45, 7) is 0.421.